The highest BCUT2D eigenvalue weighted by atomic mass is 127. The molecule has 154 valence electrons. The second-order valence-electron chi connectivity index (χ2n) is 6.35. The van der Waals surface area contributed by atoms with Gasteiger partial charge in [-0.2, -0.15) is 0 Å². The van der Waals surface area contributed by atoms with Crippen LogP contribution in [-0.4, -0.2) is 54.4 Å². The van der Waals surface area contributed by atoms with Gasteiger partial charge in [0, 0.05) is 45.7 Å². The van der Waals surface area contributed by atoms with Crippen LogP contribution >= 0.6 is 24.0 Å². The Balaban J connectivity index is 0.00000392. The molecule has 0 bridgehead atoms. The van der Waals surface area contributed by atoms with E-state index in [1.807, 2.05) is 30.3 Å². The summed E-state index contributed by atoms with van der Waals surface area (Å²) in [6.45, 7) is 2.35. The van der Waals surface area contributed by atoms with Crippen LogP contribution in [0.15, 0.2) is 64.5 Å². The zero-order valence-corrected chi connectivity index (χ0v) is 19.7. The molecule has 0 spiro atoms. The van der Waals surface area contributed by atoms with Gasteiger partial charge in [-0.15, -0.1) is 24.0 Å². The molecule has 0 amide bonds. The predicted molar refractivity (Wildman–Crippen MR) is 128 cm³/mol. The van der Waals surface area contributed by atoms with E-state index in [1.165, 1.54) is 11.9 Å². The lowest BCUT2D eigenvalue weighted by Gasteiger charge is -2.20. The van der Waals surface area contributed by atoms with Crippen LogP contribution in [-0.2, 0) is 16.3 Å². The molecule has 0 fully saturated rings. The van der Waals surface area contributed by atoms with Crippen LogP contribution in [0, 0.1) is 0 Å². The molecule has 0 aliphatic rings. The van der Waals surface area contributed by atoms with Crippen molar-refractivity contribution in [2.75, 3.05) is 44.9 Å². The summed E-state index contributed by atoms with van der Waals surface area (Å²) in [7, 11) is 0.666. The molecule has 6 nitrogen and oxygen atoms in total. The Morgan fingerprint density at radius 1 is 1.00 bits per heavy atom. The van der Waals surface area contributed by atoms with Crippen LogP contribution in [0.4, 0.5) is 5.69 Å². The molecule has 0 aliphatic carbocycles. The predicted octanol–water partition coefficient (Wildman–Crippen LogP) is 2.55. The molecule has 0 saturated heterocycles. The number of benzene rings is 2. The molecule has 8 heteroatoms. The molecule has 2 aromatic carbocycles. The molecule has 0 aliphatic heterocycles. The Morgan fingerprint density at radius 2 is 1.61 bits per heavy atom. The van der Waals surface area contributed by atoms with Gasteiger partial charge in [-0.3, -0.25) is 4.99 Å². The standard InChI is InChI=1S/C20H28N4O2S.HI/c1-21-20(23-15-16-24(2)18-7-5-4-6-8-18)22-14-13-17-9-11-19(12-10-17)27(3,25)26;/h4-12H,13-16H2,1-3H3,(H2,21,22,23);1H. The van der Waals surface area contributed by atoms with Crippen molar-refractivity contribution in [3.63, 3.8) is 0 Å². The number of rotatable bonds is 8. The number of aliphatic imine (C=N–C) groups is 1. The van der Waals surface area contributed by atoms with Gasteiger partial charge in [0.25, 0.3) is 0 Å². The maximum atomic E-state index is 11.5. The SMILES string of the molecule is CN=C(NCCc1ccc(S(C)(=O)=O)cc1)NCCN(C)c1ccccc1.I. The number of para-hydroxylation sites is 1. The van der Waals surface area contributed by atoms with Crippen LogP contribution in [0.3, 0.4) is 0 Å². The molecule has 0 radical (unpaired) electrons. The van der Waals surface area contributed by atoms with Crippen molar-refractivity contribution >= 4 is 45.5 Å². The Morgan fingerprint density at radius 3 is 2.18 bits per heavy atom. The minimum Gasteiger partial charge on any atom is -0.373 e. The molecular formula is C20H29IN4O2S. The van der Waals surface area contributed by atoms with Crippen LogP contribution in [0.1, 0.15) is 5.56 Å². The molecule has 28 heavy (non-hydrogen) atoms. The molecule has 0 heterocycles. The van der Waals surface area contributed by atoms with Crippen molar-refractivity contribution in [3.8, 4) is 0 Å². The molecule has 2 N–H and O–H groups in total. The van der Waals surface area contributed by atoms with Gasteiger partial charge in [0.2, 0.25) is 0 Å². The van der Waals surface area contributed by atoms with Crippen LogP contribution in [0.2, 0.25) is 0 Å². The number of hydrogen-bond donors (Lipinski definition) is 2. The van der Waals surface area contributed by atoms with E-state index in [0.29, 0.717) is 11.4 Å². The van der Waals surface area contributed by atoms with E-state index in [1.54, 1.807) is 19.2 Å². The number of likely N-dealkylation sites (N-methyl/N-ethyl adjacent to an activating group) is 1. The number of nitrogens with one attached hydrogen (secondary N) is 2. The first-order valence-electron chi connectivity index (χ1n) is 8.90. The van der Waals surface area contributed by atoms with Gasteiger partial charge in [-0.05, 0) is 36.2 Å². The van der Waals surface area contributed by atoms with Gasteiger partial charge in [0.15, 0.2) is 15.8 Å². The molecular weight excluding hydrogens is 487 g/mol. The van der Waals surface area contributed by atoms with E-state index in [-0.39, 0.29) is 24.0 Å². The number of sulfone groups is 1. The molecule has 2 rings (SSSR count). The van der Waals surface area contributed by atoms with Gasteiger partial charge in [-0.25, -0.2) is 8.42 Å². The lowest BCUT2D eigenvalue weighted by molar-refractivity contribution is 0.602. The lowest BCUT2D eigenvalue weighted by Crippen LogP contribution is -2.41. The van der Waals surface area contributed by atoms with Crippen molar-refractivity contribution in [1.29, 1.82) is 0 Å². The monoisotopic (exact) mass is 516 g/mol. The zero-order chi connectivity index (χ0) is 19.7. The Bertz CT molecular complexity index is 840. The van der Waals surface area contributed by atoms with E-state index in [4.69, 9.17) is 0 Å². The first kappa shape index (κ1) is 24.2. The third kappa shape index (κ3) is 8.05. The van der Waals surface area contributed by atoms with Gasteiger partial charge < -0.3 is 15.5 Å². The summed E-state index contributed by atoms with van der Waals surface area (Å²) in [4.78, 5) is 6.76. The number of nitrogens with zero attached hydrogens (tertiary/aromatic N) is 2. The number of anilines is 1. The van der Waals surface area contributed by atoms with Gasteiger partial charge in [0.05, 0.1) is 4.90 Å². The molecule has 2 aromatic rings. The molecule has 0 unspecified atom stereocenters. The van der Waals surface area contributed by atoms with Crippen molar-refractivity contribution in [3.05, 3.63) is 60.2 Å². The zero-order valence-electron chi connectivity index (χ0n) is 16.6. The van der Waals surface area contributed by atoms with E-state index >= 15 is 0 Å². The van der Waals surface area contributed by atoms with Crippen molar-refractivity contribution < 1.29 is 8.42 Å². The maximum absolute atomic E-state index is 11.5. The highest BCUT2D eigenvalue weighted by Crippen LogP contribution is 2.11. The first-order chi connectivity index (χ1) is 12.9. The number of halogens is 1. The van der Waals surface area contributed by atoms with Crippen LogP contribution in [0.5, 0.6) is 0 Å². The Labute approximate surface area is 185 Å². The quantitative estimate of drug-likeness (QED) is 0.321. The third-order valence-corrected chi connectivity index (χ3v) is 5.35. The summed E-state index contributed by atoms with van der Waals surface area (Å²) in [5.41, 5.74) is 2.26. The summed E-state index contributed by atoms with van der Waals surface area (Å²) in [5, 5.41) is 6.58. The molecule has 0 saturated carbocycles. The highest BCUT2D eigenvalue weighted by molar-refractivity contribution is 14.0. The van der Waals surface area contributed by atoms with Crippen molar-refractivity contribution in [2.45, 2.75) is 11.3 Å². The fraction of sp³-hybridized carbons (Fsp3) is 0.350. The van der Waals surface area contributed by atoms with Gasteiger partial charge in [-0.1, -0.05) is 30.3 Å². The lowest BCUT2D eigenvalue weighted by atomic mass is 10.1. The highest BCUT2D eigenvalue weighted by Gasteiger charge is 2.06. The number of hydrogen-bond acceptors (Lipinski definition) is 4. The average Bonchev–Trinajstić information content (AvgIpc) is 2.67. The Kier molecular flexibility index (Phi) is 10.3. The third-order valence-electron chi connectivity index (χ3n) is 4.22. The smallest absolute Gasteiger partial charge is 0.191 e. The summed E-state index contributed by atoms with van der Waals surface area (Å²) >= 11 is 0. The minimum absolute atomic E-state index is 0. The van der Waals surface area contributed by atoms with E-state index in [9.17, 15) is 8.42 Å². The summed E-state index contributed by atoms with van der Waals surface area (Å²) in [6.07, 6.45) is 2.00. The average molecular weight is 516 g/mol. The number of guanidine groups is 1. The van der Waals surface area contributed by atoms with Gasteiger partial charge in [0.1, 0.15) is 0 Å². The second-order valence-corrected chi connectivity index (χ2v) is 8.36. The summed E-state index contributed by atoms with van der Waals surface area (Å²) < 4.78 is 23.0. The second kappa shape index (κ2) is 11.9. The fourth-order valence-electron chi connectivity index (χ4n) is 2.60. The van der Waals surface area contributed by atoms with Crippen molar-refractivity contribution in [2.24, 2.45) is 4.99 Å². The summed E-state index contributed by atoms with van der Waals surface area (Å²) in [5.74, 6) is 0.754. The first-order valence-corrected chi connectivity index (χ1v) is 10.8. The van der Waals surface area contributed by atoms with E-state index < -0.39 is 9.84 Å². The molecule has 0 aromatic heterocycles. The van der Waals surface area contributed by atoms with E-state index in [2.05, 4.69) is 39.7 Å². The van der Waals surface area contributed by atoms with E-state index in [0.717, 1.165) is 31.0 Å². The fourth-order valence-corrected chi connectivity index (χ4v) is 3.23. The topological polar surface area (TPSA) is 73.8 Å². The largest absolute Gasteiger partial charge is 0.373 e. The van der Waals surface area contributed by atoms with Crippen molar-refractivity contribution in [1.82, 2.24) is 10.6 Å². The van der Waals surface area contributed by atoms with Gasteiger partial charge >= 0.3 is 0 Å². The normalized spacial score (nSPS) is 11.5. The van der Waals surface area contributed by atoms with Crippen LogP contribution in [0.25, 0.3) is 0 Å². The maximum Gasteiger partial charge on any atom is 0.191 e. The Hall–Kier alpha value is -1.81. The minimum atomic E-state index is -3.14. The summed E-state index contributed by atoms with van der Waals surface area (Å²) in [6, 6.07) is 17.2. The molecule has 0 atom stereocenters. The van der Waals surface area contributed by atoms with Crippen LogP contribution < -0.4 is 15.5 Å².